The van der Waals surface area contributed by atoms with Crippen molar-refractivity contribution in [3.8, 4) is 0 Å². The van der Waals surface area contributed by atoms with Crippen molar-refractivity contribution < 1.29 is 8.42 Å². The van der Waals surface area contributed by atoms with E-state index in [4.69, 9.17) is 5.84 Å². The number of anilines is 1. The summed E-state index contributed by atoms with van der Waals surface area (Å²) in [5.41, 5.74) is 4.54. The number of hydrogen-bond acceptors (Lipinski definition) is 6. The molecule has 18 heavy (non-hydrogen) atoms. The van der Waals surface area contributed by atoms with Crippen LogP contribution in [0.25, 0.3) is 0 Å². The highest BCUT2D eigenvalue weighted by Crippen LogP contribution is 2.24. The van der Waals surface area contributed by atoms with Gasteiger partial charge in [0.2, 0.25) is 0 Å². The summed E-state index contributed by atoms with van der Waals surface area (Å²) in [6.45, 7) is 0. The monoisotopic (exact) mass is 270 g/mol. The number of fused-ring (bicyclic) bond motifs is 1. The summed E-state index contributed by atoms with van der Waals surface area (Å²) in [5.74, 6) is 6.22. The van der Waals surface area contributed by atoms with Gasteiger partial charge in [-0.15, -0.1) is 0 Å². The van der Waals surface area contributed by atoms with E-state index in [1.165, 1.54) is 6.26 Å². The van der Waals surface area contributed by atoms with Crippen molar-refractivity contribution in [2.45, 2.75) is 37.9 Å². The molecule has 0 saturated heterocycles. The van der Waals surface area contributed by atoms with Crippen LogP contribution >= 0.6 is 0 Å². The molecule has 0 saturated carbocycles. The fourth-order valence-electron chi connectivity index (χ4n) is 2.24. The zero-order valence-electron chi connectivity index (χ0n) is 10.4. The van der Waals surface area contributed by atoms with Crippen LogP contribution in [0.5, 0.6) is 0 Å². The van der Waals surface area contributed by atoms with E-state index in [2.05, 4.69) is 15.4 Å². The van der Waals surface area contributed by atoms with E-state index in [9.17, 15) is 8.42 Å². The van der Waals surface area contributed by atoms with Crippen LogP contribution in [0.4, 0.5) is 5.82 Å². The van der Waals surface area contributed by atoms with E-state index in [1.54, 1.807) is 0 Å². The summed E-state index contributed by atoms with van der Waals surface area (Å²) in [6, 6.07) is 0. The molecule has 0 bridgehead atoms. The lowest BCUT2D eigenvalue weighted by molar-refractivity contribution is 0.599. The summed E-state index contributed by atoms with van der Waals surface area (Å²) in [5, 5.41) is 0. The molecule has 0 amide bonds. The van der Waals surface area contributed by atoms with Crippen LogP contribution < -0.4 is 11.3 Å². The highest BCUT2D eigenvalue weighted by molar-refractivity contribution is 7.89. The molecule has 6 nitrogen and oxygen atoms in total. The molecule has 0 aliphatic heterocycles. The van der Waals surface area contributed by atoms with Crippen LogP contribution in [0.1, 0.15) is 36.3 Å². The Kier molecular flexibility index (Phi) is 3.82. The Labute approximate surface area is 107 Å². The van der Waals surface area contributed by atoms with Gasteiger partial charge in [0.1, 0.15) is 17.4 Å². The molecule has 0 atom stereocenters. The van der Waals surface area contributed by atoms with Gasteiger partial charge in [-0.25, -0.2) is 24.2 Å². The van der Waals surface area contributed by atoms with Crippen LogP contribution in [-0.2, 0) is 28.4 Å². The van der Waals surface area contributed by atoms with Crippen LogP contribution in [-0.4, -0.2) is 24.6 Å². The van der Waals surface area contributed by atoms with Gasteiger partial charge in [0, 0.05) is 17.5 Å². The molecule has 2 rings (SSSR count). The standard InChI is InChI=1S/C11H18N4O2S/c1-18(16,17)7-10-13-9-6-4-2-3-5-8(9)11(14-10)15-12/h2-7,12H2,1H3,(H,13,14,15). The molecular formula is C11H18N4O2S. The largest absolute Gasteiger partial charge is 0.308 e. The lowest BCUT2D eigenvalue weighted by Crippen LogP contribution is -2.16. The minimum atomic E-state index is -3.13. The third kappa shape index (κ3) is 3.17. The van der Waals surface area contributed by atoms with Gasteiger partial charge in [0.05, 0.1) is 0 Å². The zero-order valence-corrected chi connectivity index (χ0v) is 11.3. The summed E-state index contributed by atoms with van der Waals surface area (Å²) in [6.07, 6.45) is 6.26. The van der Waals surface area contributed by atoms with Gasteiger partial charge in [0.25, 0.3) is 0 Å². The van der Waals surface area contributed by atoms with Gasteiger partial charge in [-0.3, -0.25) is 0 Å². The highest BCUT2D eigenvalue weighted by atomic mass is 32.2. The fourth-order valence-corrected chi connectivity index (χ4v) is 2.84. The molecule has 0 radical (unpaired) electrons. The molecule has 1 aliphatic carbocycles. The van der Waals surface area contributed by atoms with E-state index in [0.29, 0.717) is 11.6 Å². The average Bonchev–Trinajstić information content (AvgIpc) is 2.50. The topological polar surface area (TPSA) is 98.0 Å². The van der Waals surface area contributed by atoms with Crippen molar-refractivity contribution in [3.63, 3.8) is 0 Å². The molecule has 100 valence electrons. The van der Waals surface area contributed by atoms with Crippen LogP contribution in [0.2, 0.25) is 0 Å². The third-order valence-electron chi connectivity index (χ3n) is 3.01. The van der Waals surface area contributed by atoms with Gasteiger partial charge in [-0.2, -0.15) is 0 Å². The zero-order chi connectivity index (χ0) is 13.2. The summed E-state index contributed by atoms with van der Waals surface area (Å²) >= 11 is 0. The first kappa shape index (κ1) is 13.2. The Balaban J connectivity index is 2.43. The first-order valence-electron chi connectivity index (χ1n) is 6.02. The van der Waals surface area contributed by atoms with Crippen LogP contribution in [0.15, 0.2) is 0 Å². The molecule has 1 heterocycles. The van der Waals surface area contributed by atoms with Gasteiger partial charge < -0.3 is 5.43 Å². The average molecular weight is 270 g/mol. The lowest BCUT2D eigenvalue weighted by Gasteiger charge is -2.12. The second-order valence-electron chi connectivity index (χ2n) is 4.69. The second-order valence-corrected chi connectivity index (χ2v) is 6.83. The number of aryl methyl sites for hydroxylation is 1. The van der Waals surface area contributed by atoms with Crippen molar-refractivity contribution in [2.75, 3.05) is 11.7 Å². The quantitative estimate of drug-likeness (QED) is 0.473. The summed E-state index contributed by atoms with van der Waals surface area (Å²) < 4.78 is 22.6. The van der Waals surface area contributed by atoms with Crippen LogP contribution in [0, 0.1) is 0 Å². The second kappa shape index (κ2) is 5.19. The van der Waals surface area contributed by atoms with E-state index in [0.717, 1.165) is 43.4 Å². The maximum Gasteiger partial charge on any atom is 0.154 e. The lowest BCUT2D eigenvalue weighted by atomic mass is 10.1. The Morgan fingerprint density at radius 3 is 2.61 bits per heavy atom. The highest BCUT2D eigenvalue weighted by Gasteiger charge is 2.18. The minimum Gasteiger partial charge on any atom is -0.308 e. The van der Waals surface area contributed by atoms with Gasteiger partial charge in [-0.05, 0) is 25.7 Å². The van der Waals surface area contributed by atoms with Gasteiger partial charge in [0.15, 0.2) is 9.84 Å². The number of rotatable bonds is 3. The molecule has 0 fully saturated rings. The maximum absolute atomic E-state index is 11.3. The smallest absolute Gasteiger partial charge is 0.154 e. The summed E-state index contributed by atoms with van der Waals surface area (Å²) in [7, 11) is -3.13. The number of aromatic nitrogens is 2. The molecule has 0 unspecified atom stereocenters. The number of hydrogen-bond donors (Lipinski definition) is 2. The first-order valence-corrected chi connectivity index (χ1v) is 8.08. The Bertz CT molecular complexity index is 542. The van der Waals surface area contributed by atoms with Crippen molar-refractivity contribution >= 4 is 15.7 Å². The molecule has 3 N–H and O–H groups in total. The molecular weight excluding hydrogens is 252 g/mol. The number of hydrazine groups is 1. The predicted molar refractivity (Wildman–Crippen MR) is 69.6 cm³/mol. The van der Waals surface area contributed by atoms with E-state index in [1.807, 2.05) is 0 Å². The third-order valence-corrected chi connectivity index (χ3v) is 3.79. The Hall–Kier alpha value is -1.21. The predicted octanol–water partition coefficient (Wildman–Crippen LogP) is 0.576. The number of nitrogens with one attached hydrogen (secondary N) is 1. The number of sulfone groups is 1. The molecule has 1 aliphatic rings. The SMILES string of the molecule is CS(=O)(=O)Cc1nc2c(c(NN)n1)CCCCC2. The van der Waals surface area contributed by atoms with E-state index >= 15 is 0 Å². The molecule has 0 aromatic carbocycles. The van der Waals surface area contributed by atoms with Crippen molar-refractivity contribution in [1.29, 1.82) is 0 Å². The maximum atomic E-state index is 11.3. The van der Waals surface area contributed by atoms with Crippen molar-refractivity contribution in [2.24, 2.45) is 5.84 Å². The molecule has 0 spiro atoms. The fraction of sp³-hybridized carbons (Fsp3) is 0.636. The summed E-state index contributed by atoms with van der Waals surface area (Å²) in [4.78, 5) is 8.59. The normalized spacial score (nSPS) is 15.9. The van der Waals surface area contributed by atoms with Crippen molar-refractivity contribution in [1.82, 2.24) is 9.97 Å². The molecule has 7 heteroatoms. The van der Waals surface area contributed by atoms with E-state index < -0.39 is 9.84 Å². The Morgan fingerprint density at radius 2 is 1.94 bits per heavy atom. The van der Waals surface area contributed by atoms with Gasteiger partial charge >= 0.3 is 0 Å². The Morgan fingerprint density at radius 1 is 1.22 bits per heavy atom. The first-order chi connectivity index (χ1) is 8.49. The number of nitrogens with zero attached hydrogens (tertiary/aromatic N) is 2. The molecule has 1 aromatic heterocycles. The van der Waals surface area contributed by atoms with Crippen molar-refractivity contribution in [3.05, 3.63) is 17.1 Å². The van der Waals surface area contributed by atoms with Crippen LogP contribution in [0.3, 0.4) is 0 Å². The van der Waals surface area contributed by atoms with E-state index in [-0.39, 0.29) is 5.75 Å². The van der Waals surface area contributed by atoms with Gasteiger partial charge in [-0.1, -0.05) is 6.42 Å². The molecule has 1 aromatic rings. The minimum absolute atomic E-state index is 0.144. The number of nitrogen functional groups attached to an aromatic ring is 1. The number of nitrogens with two attached hydrogens (primary N) is 1.